The number of aryl methyl sites for hydroxylation is 1. The van der Waals surface area contributed by atoms with Gasteiger partial charge < -0.3 is 5.32 Å². The van der Waals surface area contributed by atoms with Crippen LogP contribution in [0.2, 0.25) is 0 Å². The number of amides is 3. The van der Waals surface area contributed by atoms with Gasteiger partial charge in [-0.1, -0.05) is 51.8 Å². The van der Waals surface area contributed by atoms with E-state index in [2.05, 4.69) is 20.6 Å². The van der Waals surface area contributed by atoms with Gasteiger partial charge in [0.25, 0.3) is 5.56 Å². The second kappa shape index (κ2) is 9.43. The Morgan fingerprint density at radius 1 is 1.06 bits per heavy atom. The summed E-state index contributed by atoms with van der Waals surface area (Å²) >= 11 is 1.04. The van der Waals surface area contributed by atoms with Crippen LogP contribution in [0.1, 0.15) is 58.7 Å². The van der Waals surface area contributed by atoms with Crippen molar-refractivity contribution < 1.29 is 9.59 Å². The van der Waals surface area contributed by atoms with E-state index >= 15 is 0 Å². The first kappa shape index (κ1) is 24.0. The van der Waals surface area contributed by atoms with Crippen molar-refractivity contribution >= 4 is 34.7 Å². The molecule has 1 saturated carbocycles. The van der Waals surface area contributed by atoms with Crippen molar-refractivity contribution in [3.63, 3.8) is 0 Å². The minimum absolute atomic E-state index is 0.0914. The first-order valence-corrected chi connectivity index (χ1v) is 11.7. The third kappa shape index (κ3) is 5.20. The van der Waals surface area contributed by atoms with Crippen LogP contribution in [0.3, 0.4) is 0 Å². The molecule has 1 aliphatic carbocycles. The number of fused-ring (bicyclic) bond motifs is 1. The Balaban J connectivity index is 1.84. The molecule has 0 atom stereocenters. The van der Waals surface area contributed by atoms with Gasteiger partial charge in [-0.25, -0.2) is 19.6 Å². The predicted molar refractivity (Wildman–Crippen MR) is 123 cm³/mol. The Kier molecular flexibility index (Phi) is 7.06. The van der Waals surface area contributed by atoms with Crippen molar-refractivity contribution in [1.82, 2.24) is 29.7 Å². The van der Waals surface area contributed by atoms with E-state index in [1.165, 1.54) is 18.0 Å². The van der Waals surface area contributed by atoms with Gasteiger partial charge in [-0.3, -0.25) is 24.0 Å². The number of hydrogen-bond donors (Lipinski definition) is 2. The van der Waals surface area contributed by atoms with E-state index in [-0.39, 0.29) is 22.8 Å². The molecule has 0 aromatic carbocycles. The average molecular weight is 463 g/mol. The first-order valence-electron chi connectivity index (χ1n) is 10.7. The second-order valence-corrected chi connectivity index (χ2v) is 10.1. The SMILES string of the molecule is Cn1c(=O)c2c(SCC(=O)NC(=O)NC3CCCCC3)nc(C(C)(C)C)nc2n(C)c1=O. The first-order chi connectivity index (χ1) is 15.0. The second-order valence-electron chi connectivity index (χ2n) is 9.15. The fourth-order valence-electron chi connectivity index (χ4n) is 3.63. The van der Waals surface area contributed by atoms with Crippen LogP contribution in [-0.2, 0) is 24.3 Å². The predicted octanol–water partition coefficient (Wildman–Crippen LogP) is 1.58. The topological polar surface area (TPSA) is 128 Å². The number of urea groups is 1. The summed E-state index contributed by atoms with van der Waals surface area (Å²) in [5.74, 6) is -0.153. The summed E-state index contributed by atoms with van der Waals surface area (Å²) < 4.78 is 2.29. The van der Waals surface area contributed by atoms with Gasteiger partial charge in [-0.2, -0.15) is 0 Å². The minimum Gasteiger partial charge on any atom is -0.335 e. The summed E-state index contributed by atoms with van der Waals surface area (Å²) in [5.41, 5.74) is -1.24. The molecule has 0 spiro atoms. The van der Waals surface area contributed by atoms with Crippen LogP contribution in [0, 0.1) is 0 Å². The van der Waals surface area contributed by atoms with Gasteiger partial charge in [0.1, 0.15) is 16.2 Å². The van der Waals surface area contributed by atoms with Gasteiger partial charge in [-0.05, 0) is 12.8 Å². The van der Waals surface area contributed by atoms with Crippen molar-refractivity contribution in [2.45, 2.75) is 69.4 Å². The molecule has 2 aromatic heterocycles. The molecule has 0 radical (unpaired) electrons. The molecule has 2 N–H and O–H groups in total. The largest absolute Gasteiger partial charge is 0.335 e. The zero-order chi connectivity index (χ0) is 23.6. The highest BCUT2D eigenvalue weighted by molar-refractivity contribution is 8.00. The molecule has 2 heterocycles. The summed E-state index contributed by atoms with van der Waals surface area (Å²) in [7, 11) is 2.93. The van der Waals surface area contributed by atoms with E-state index in [1.54, 1.807) is 7.05 Å². The molecule has 1 fully saturated rings. The van der Waals surface area contributed by atoms with Gasteiger partial charge in [0.2, 0.25) is 5.91 Å². The van der Waals surface area contributed by atoms with Crippen LogP contribution in [0.15, 0.2) is 14.6 Å². The van der Waals surface area contributed by atoms with Crippen LogP contribution >= 0.6 is 11.8 Å². The number of aromatic nitrogens is 4. The molecular formula is C21H30N6O4S. The van der Waals surface area contributed by atoms with E-state index in [1.807, 2.05) is 20.8 Å². The van der Waals surface area contributed by atoms with Crippen molar-refractivity contribution in [3.05, 3.63) is 26.7 Å². The van der Waals surface area contributed by atoms with E-state index < -0.39 is 28.6 Å². The van der Waals surface area contributed by atoms with E-state index in [0.717, 1.165) is 42.0 Å². The van der Waals surface area contributed by atoms with Crippen LogP contribution in [-0.4, -0.2) is 42.8 Å². The fraction of sp³-hybridized carbons (Fsp3) is 0.619. The molecule has 11 heteroatoms. The Morgan fingerprint density at radius 2 is 1.72 bits per heavy atom. The zero-order valence-corrected chi connectivity index (χ0v) is 20.0. The molecule has 10 nitrogen and oxygen atoms in total. The normalized spacial score (nSPS) is 15.0. The van der Waals surface area contributed by atoms with E-state index in [0.29, 0.717) is 10.9 Å². The van der Waals surface area contributed by atoms with Gasteiger partial charge >= 0.3 is 11.7 Å². The number of carbonyl (C=O) groups excluding carboxylic acids is 2. The van der Waals surface area contributed by atoms with Crippen LogP contribution in [0.4, 0.5) is 4.79 Å². The van der Waals surface area contributed by atoms with Crippen molar-refractivity contribution in [2.24, 2.45) is 14.1 Å². The lowest BCUT2D eigenvalue weighted by Crippen LogP contribution is -2.45. The minimum atomic E-state index is -0.526. The number of rotatable bonds is 4. The van der Waals surface area contributed by atoms with Gasteiger partial charge in [0.05, 0.1) is 5.75 Å². The molecule has 0 bridgehead atoms. The summed E-state index contributed by atoms with van der Waals surface area (Å²) in [4.78, 5) is 58.7. The molecule has 174 valence electrons. The summed E-state index contributed by atoms with van der Waals surface area (Å²) in [6.07, 6.45) is 5.15. The Hall–Kier alpha value is -2.69. The third-order valence-corrected chi connectivity index (χ3v) is 6.45. The van der Waals surface area contributed by atoms with Gasteiger partial charge in [0.15, 0.2) is 5.65 Å². The molecule has 3 amide bonds. The number of hydrogen-bond acceptors (Lipinski definition) is 7. The van der Waals surface area contributed by atoms with Gasteiger partial charge in [0, 0.05) is 25.6 Å². The number of nitrogens with zero attached hydrogens (tertiary/aromatic N) is 4. The maximum atomic E-state index is 12.8. The van der Waals surface area contributed by atoms with Gasteiger partial charge in [-0.15, -0.1) is 0 Å². The van der Waals surface area contributed by atoms with Crippen molar-refractivity contribution in [3.8, 4) is 0 Å². The zero-order valence-electron chi connectivity index (χ0n) is 19.2. The highest BCUT2D eigenvalue weighted by atomic mass is 32.2. The van der Waals surface area contributed by atoms with Crippen LogP contribution in [0.5, 0.6) is 0 Å². The highest BCUT2D eigenvalue weighted by Crippen LogP contribution is 2.26. The number of thioether (sulfide) groups is 1. The lowest BCUT2D eigenvalue weighted by Gasteiger charge is -2.22. The molecule has 2 aromatic rings. The highest BCUT2D eigenvalue weighted by Gasteiger charge is 2.24. The standard InChI is InChI=1S/C21H30N6O4S/c1-21(2,3)18-24-15-14(17(29)27(5)20(31)26(15)4)16(25-18)32-11-13(28)23-19(30)22-12-9-7-6-8-10-12/h12H,6-11H2,1-5H3,(H2,22,23,28,30). The number of carbonyl (C=O) groups is 2. The van der Waals surface area contributed by atoms with E-state index in [9.17, 15) is 19.2 Å². The molecule has 0 aliphatic heterocycles. The maximum Gasteiger partial charge on any atom is 0.332 e. The smallest absolute Gasteiger partial charge is 0.332 e. The van der Waals surface area contributed by atoms with Crippen molar-refractivity contribution in [1.29, 1.82) is 0 Å². The lowest BCUT2D eigenvalue weighted by atomic mass is 9.96. The average Bonchev–Trinajstić information content (AvgIpc) is 2.74. The summed E-state index contributed by atoms with van der Waals surface area (Å²) in [5, 5.41) is 5.66. The molecule has 3 rings (SSSR count). The molecule has 0 saturated heterocycles. The Labute approximate surface area is 190 Å². The summed E-state index contributed by atoms with van der Waals surface area (Å²) in [6.45, 7) is 5.76. The number of imide groups is 1. The monoisotopic (exact) mass is 462 g/mol. The summed E-state index contributed by atoms with van der Waals surface area (Å²) in [6, 6.07) is -0.419. The third-order valence-electron chi connectivity index (χ3n) is 5.47. The molecular weight excluding hydrogens is 432 g/mol. The van der Waals surface area contributed by atoms with Crippen LogP contribution < -0.4 is 21.9 Å². The lowest BCUT2D eigenvalue weighted by molar-refractivity contribution is -0.117. The maximum absolute atomic E-state index is 12.8. The molecule has 1 aliphatic rings. The molecule has 32 heavy (non-hydrogen) atoms. The van der Waals surface area contributed by atoms with E-state index in [4.69, 9.17) is 0 Å². The Bertz CT molecular complexity index is 1160. The Morgan fingerprint density at radius 3 is 2.34 bits per heavy atom. The fourth-order valence-corrected chi connectivity index (χ4v) is 4.45. The van der Waals surface area contributed by atoms with Crippen LogP contribution in [0.25, 0.3) is 11.0 Å². The molecule has 0 unspecified atom stereocenters. The quantitative estimate of drug-likeness (QED) is 0.521. The number of nitrogens with one attached hydrogen (secondary N) is 2. The van der Waals surface area contributed by atoms with Crippen molar-refractivity contribution in [2.75, 3.05) is 5.75 Å².